The summed E-state index contributed by atoms with van der Waals surface area (Å²) in [5.41, 5.74) is 1.38. The van der Waals surface area contributed by atoms with Gasteiger partial charge in [0.25, 0.3) is 0 Å². The van der Waals surface area contributed by atoms with Gasteiger partial charge in [-0.05, 0) is 48.7 Å². The summed E-state index contributed by atoms with van der Waals surface area (Å²) in [6.07, 6.45) is 3.47. The van der Waals surface area contributed by atoms with Crippen molar-refractivity contribution in [3.63, 3.8) is 0 Å². The summed E-state index contributed by atoms with van der Waals surface area (Å²) in [4.78, 5) is 2.43. The lowest BCUT2D eigenvalue weighted by Gasteiger charge is -2.37. The van der Waals surface area contributed by atoms with Gasteiger partial charge >= 0.3 is 0 Å². The monoisotopic (exact) mass is 225 g/mol. The van der Waals surface area contributed by atoms with Crippen molar-refractivity contribution in [3.05, 3.63) is 22.4 Å². The molecule has 1 N–H and O–H groups in total. The molecule has 2 rings (SSSR count). The highest BCUT2D eigenvalue weighted by Gasteiger charge is 2.25. The number of hydrogen-bond donors (Lipinski definition) is 1. The molecule has 2 nitrogen and oxygen atoms in total. The van der Waals surface area contributed by atoms with Crippen molar-refractivity contribution in [2.75, 3.05) is 6.54 Å². The lowest BCUT2D eigenvalue weighted by Crippen LogP contribution is -2.45. The van der Waals surface area contributed by atoms with Crippen LogP contribution in [0.15, 0.2) is 16.8 Å². The van der Waals surface area contributed by atoms with Gasteiger partial charge in [0.15, 0.2) is 0 Å². The molecule has 0 saturated carbocycles. The standard InChI is InChI=1S/C12H19NOS/c1-10(14)12-4-2-3-6-13(12)8-11-5-7-15-9-11/h5,7,9-10,12,14H,2-4,6,8H2,1H3. The second-order valence-corrected chi connectivity index (χ2v) is 5.19. The first-order chi connectivity index (χ1) is 7.27. The summed E-state index contributed by atoms with van der Waals surface area (Å²) < 4.78 is 0. The van der Waals surface area contributed by atoms with Gasteiger partial charge in [0.1, 0.15) is 0 Å². The van der Waals surface area contributed by atoms with E-state index in [4.69, 9.17) is 0 Å². The van der Waals surface area contributed by atoms with Crippen LogP contribution in [0.3, 0.4) is 0 Å². The Morgan fingerprint density at radius 2 is 2.47 bits per heavy atom. The molecular weight excluding hydrogens is 206 g/mol. The van der Waals surface area contributed by atoms with E-state index in [1.807, 2.05) is 6.92 Å². The van der Waals surface area contributed by atoms with Crippen LogP contribution in [-0.2, 0) is 6.54 Å². The number of piperidine rings is 1. The first-order valence-electron chi connectivity index (χ1n) is 5.70. The number of likely N-dealkylation sites (tertiary alicyclic amines) is 1. The molecular formula is C12H19NOS. The van der Waals surface area contributed by atoms with E-state index in [9.17, 15) is 5.11 Å². The van der Waals surface area contributed by atoms with Crippen LogP contribution in [0.25, 0.3) is 0 Å². The highest BCUT2D eigenvalue weighted by atomic mass is 32.1. The van der Waals surface area contributed by atoms with Crippen LogP contribution in [0.2, 0.25) is 0 Å². The first kappa shape index (κ1) is 11.1. The Bertz CT molecular complexity index is 284. The molecule has 1 aromatic rings. The molecule has 1 saturated heterocycles. The molecule has 15 heavy (non-hydrogen) atoms. The Balaban J connectivity index is 1.99. The highest BCUT2D eigenvalue weighted by molar-refractivity contribution is 7.07. The number of aliphatic hydroxyl groups excluding tert-OH is 1. The first-order valence-corrected chi connectivity index (χ1v) is 6.65. The van der Waals surface area contributed by atoms with Gasteiger partial charge < -0.3 is 5.11 Å². The van der Waals surface area contributed by atoms with E-state index >= 15 is 0 Å². The van der Waals surface area contributed by atoms with Crippen LogP contribution in [0.1, 0.15) is 31.7 Å². The molecule has 0 spiro atoms. The number of thiophene rings is 1. The molecule has 2 unspecified atom stereocenters. The highest BCUT2D eigenvalue weighted by Crippen LogP contribution is 2.22. The van der Waals surface area contributed by atoms with Gasteiger partial charge in [-0.1, -0.05) is 6.42 Å². The molecule has 2 heterocycles. The second kappa shape index (κ2) is 5.10. The molecule has 1 aromatic heterocycles. The Morgan fingerprint density at radius 3 is 3.13 bits per heavy atom. The van der Waals surface area contributed by atoms with E-state index in [2.05, 4.69) is 21.7 Å². The van der Waals surface area contributed by atoms with Gasteiger partial charge in [-0.3, -0.25) is 4.90 Å². The second-order valence-electron chi connectivity index (χ2n) is 4.41. The minimum absolute atomic E-state index is 0.205. The molecule has 0 bridgehead atoms. The molecule has 0 aliphatic carbocycles. The lowest BCUT2D eigenvalue weighted by atomic mass is 9.98. The van der Waals surface area contributed by atoms with Crippen molar-refractivity contribution in [3.8, 4) is 0 Å². The van der Waals surface area contributed by atoms with E-state index in [0.717, 1.165) is 19.5 Å². The largest absolute Gasteiger partial charge is 0.392 e. The lowest BCUT2D eigenvalue weighted by molar-refractivity contribution is 0.0317. The maximum absolute atomic E-state index is 9.74. The number of rotatable bonds is 3. The van der Waals surface area contributed by atoms with Gasteiger partial charge in [-0.25, -0.2) is 0 Å². The van der Waals surface area contributed by atoms with Gasteiger partial charge in [0.05, 0.1) is 6.10 Å². The molecule has 0 radical (unpaired) electrons. The Kier molecular flexibility index (Phi) is 3.78. The average molecular weight is 225 g/mol. The van der Waals surface area contributed by atoms with Crippen LogP contribution in [0.5, 0.6) is 0 Å². The summed E-state index contributed by atoms with van der Waals surface area (Å²) >= 11 is 1.75. The van der Waals surface area contributed by atoms with Crippen molar-refractivity contribution in [2.24, 2.45) is 0 Å². The molecule has 0 amide bonds. The van der Waals surface area contributed by atoms with Crippen molar-refractivity contribution in [1.29, 1.82) is 0 Å². The van der Waals surface area contributed by atoms with Gasteiger partial charge in [0, 0.05) is 12.6 Å². The van der Waals surface area contributed by atoms with Crippen molar-refractivity contribution < 1.29 is 5.11 Å². The minimum Gasteiger partial charge on any atom is -0.392 e. The SMILES string of the molecule is CC(O)C1CCCCN1Cc1ccsc1. The molecule has 3 heteroatoms. The van der Waals surface area contributed by atoms with Crippen molar-refractivity contribution in [2.45, 2.75) is 44.9 Å². The zero-order valence-electron chi connectivity index (χ0n) is 9.22. The van der Waals surface area contributed by atoms with Gasteiger partial charge in [0.2, 0.25) is 0 Å². The van der Waals surface area contributed by atoms with Crippen LogP contribution in [0.4, 0.5) is 0 Å². The van der Waals surface area contributed by atoms with Crippen molar-refractivity contribution >= 4 is 11.3 Å². The van der Waals surface area contributed by atoms with Crippen LogP contribution in [-0.4, -0.2) is 28.7 Å². The van der Waals surface area contributed by atoms with E-state index in [0.29, 0.717) is 6.04 Å². The van der Waals surface area contributed by atoms with Gasteiger partial charge in [-0.2, -0.15) is 11.3 Å². The Morgan fingerprint density at radius 1 is 1.60 bits per heavy atom. The third-order valence-corrected chi connectivity index (χ3v) is 3.92. The fourth-order valence-electron chi connectivity index (χ4n) is 2.38. The smallest absolute Gasteiger partial charge is 0.0667 e. The van der Waals surface area contributed by atoms with E-state index in [1.165, 1.54) is 18.4 Å². The fourth-order valence-corrected chi connectivity index (χ4v) is 3.04. The summed E-state index contributed by atoms with van der Waals surface area (Å²) in [7, 11) is 0. The number of nitrogens with zero attached hydrogens (tertiary/aromatic N) is 1. The molecule has 1 aliphatic heterocycles. The zero-order chi connectivity index (χ0) is 10.7. The fraction of sp³-hybridized carbons (Fsp3) is 0.667. The maximum Gasteiger partial charge on any atom is 0.0667 e. The maximum atomic E-state index is 9.74. The summed E-state index contributed by atoms with van der Waals surface area (Å²) in [6, 6.07) is 2.54. The molecule has 84 valence electrons. The minimum atomic E-state index is -0.205. The molecule has 1 fully saturated rings. The van der Waals surface area contributed by atoms with Crippen LogP contribution >= 0.6 is 11.3 Å². The van der Waals surface area contributed by atoms with Gasteiger partial charge in [-0.15, -0.1) is 0 Å². The van der Waals surface area contributed by atoms with Crippen LogP contribution < -0.4 is 0 Å². The summed E-state index contributed by atoms with van der Waals surface area (Å²) in [6.45, 7) is 4.04. The van der Waals surface area contributed by atoms with Crippen molar-refractivity contribution in [1.82, 2.24) is 4.90 Å². The summed E-state index contributed by atoms with van der Waals surface area (Å²) in [5.74, 6) is 0. The predicted octanol–water partition coefficient (Wildman–Crippen LogP) is 2.48. The van der Waals surface area contributed by atoms with E-state index < -0.39 is 0 Å². The predicted molar refractivity (Wildman–Crippen MR) is 64.0 cm³/mol. The molecule has 2 atom stereocenters. The van der Waals surface area contributed by atoms with E-state index in [-0.39, 0.29) is 6.10 Å². The molecule has 0 aromatic carbocycles. The third kappa shape index (κ3) is 2.80. The van der Waals surface area contributed by atoms with Crippen LogP contribution in [0, 0.1) is 0 Å². The average Bonchev–Trinajstić information content (AvgIpc) is 2.71. The Hall–Kier alpha value is -0.380. The number of hydrogen-bond acceptors (Lipinski definition) is 3. The topological polar surface area (TPSA) is 23.5 Å². The third-order valence-electron chi connectivity index (χ3n) is 3.19. The zero-order valence-corrected chi connectivity index (χ0v) is 10.0. The quantitative estimate of drug-likeness (QED) is 0.854. The van der Waals surface area contributed by atoms with E-state index in [1.54, 1.807) is 11.3 Å². The normalized spacial score (nSPS) is 25.3. The summed E-state index contributed by atoms with van der Waals surface area (Å²) in [5, 5.41) is 14.1. The Labute approximate surface area is 95.5 Å². The molecule has 1 aliphatic rings. The number of aliphatic hydroxyl groups is 1.